The van der Waals surface area contributed by atoms with Gasteiger partial charge in [-0.2, -0.15) is 0 Å². The van der Waals surface area contributed by atoms with E-state index in [0.29, 0.717) is 12.6 Å². The van der Waals surface area contributed by atoms with Crippen LogP contribution in [0.3, 0.4) is 0 Å². The van der Waals surface area contributed by atoms with Crippen molar-refractivity contribution < 1.29 is 13.9 Å². The van der Waals surface area contributed by atoms with Crippen LogP contribution in [0.15, 0.2) is 18.2 Å². The van der Waals surface area contributed by atoms with E-state index in [2.05, 4.69) is 21.7 Å². The molecule has 6 rings (SSSR count). The summed E-state index contributed by atoms with van der Waals surface area (Å²) in [6, 6.07) is 6.97. The summed E-state index contributed by atoms with van der Waals surface area (Å²) in [7, 11) is 2.29. The van der Waals surface area contributed by atoms with Gasteiger partial charge in [0, 0.05) is 61.2 Å². The quantitative estimate of drug-likeness (QED) is 0.747. The molecule has 1 spiro atoms. The predicted octanol–water partition coefficient (Wildman–Crippen LogP) is 2.64. The molecule has 4 fully saturated rings. The number of carbonyl (C=O) groups is 1. The Balaban J connectivity index is 1.10. The summed E-state index contributed by atoms with van der Waals surface area (Å²) in [6.07, 6.45) is 6.93. The van der Waals surface area contributed by atoms with Crippen molar-refractivity contribution >= 4 is 5.91 Å². The Kier molecular flexibility index (Phi) is 4.40. The van der Waals surface area contributed by atoms with E-state index in [0.717, 1.165) is 62.4 Å². The first-order valence-corrected chi connectivity index (χ1v) is 11.7. The standard InChI is InChI=1S/C24H32FN3O2/c1-26-17-3-4-18(26)14-19(13-17)27-7-9-28(10-8-27)23(29)21-15-24(21)6-11-30-22-5-2-16(25)12-20(22)24/h2,5,12,17-19,21H,3-4,6-11,13-15H2,1H3/t17-,18-,21+,24+/m0/s1. The Labute approximate surface area is 178 Å². The number of piperidine rings is 1. The van der Waals surface area contributed by atoms with Crippen molar-refractivity contribution in [3.8, 4) is 5.75 Å². The van der Waals surface area contributed by atoms with Crippen LogP contribution in [-0.4, -0.2) is 78.6 Å². The van der Waals surface area contributed by atoms with Gasteiger partial charge in [0.2, 0.25) is 5.91 Å². The third kappa shape index (κ3) is 2.90. The minimum Gasteiger partial charge on any atom is -0.493 e. The molecule has 6 heteroatoms. The van der Waals surface area contributed by atoms with Crippen LogP contribution in [0.4, 0.5) is 4.39 Å². The number of rotatable bonds is 2. The first-order valence-electron chi connectivity index (χ1n) is 11.7. The predicted molar refractivity (Wildman–Crippen MR) is 112 cm³/mol. The SMILES string of the molecule is CN1[C@H]2CC[C@H]1CC(N1CCN(C(=O)[C@H]3C[C@@]34CCOc3ccc(F)cc34)CC1)C2. The molecule has 4 atom stereocenters. The van der Waals surface area contributed by atoms with Crippen LogP contribution in [-0.2, 0) is 10.2 Å². The van der Waals surface area contributed by atoms with E-state index in [1.807, 2.05) is 0 Å². The van der Waals surface area contributed by atoms with Crippen LogP contribution in [0.1, 0.15) is 44.1 Å². The van der Waals surface area contributed by atoms with Crippen LogP contribution >= 0.6 is 0 Å². The van der Waals surface area contributed by atoms with E-state index < -0.39 is 0 Å². The summed E-state index contributed by atoms with van der Waals surface area (Å²) >= 11 is 0. The third-order valence-electron chi connectivity index (χ3n) is 8.87. The molecule has 162 valence electrons. The van der Waals surface area contributed by atoms with E-state index in [-0.39, 0.29) is 23.1 Å². The average Bonchev–Trinajstić information content (AvgIpc) is 3.44. The van der Waals surface area contributed by atoms with Crippen molar-refractivity contribution in [1.29, 1.82) is 0 Å². The minimum absolute atomic E-state index is 0.00678. The Bertz CT molecular complexity index is 841. The van der Waals surface area contributed by atoms with Gasteiger partial charge in [-0.15, -0.1) is 0 Å². The fourth-order valence-corrected chi connectivity index (χ4v) is 6.91. The third-order valence-corrected chi connectivity index (χ3v) is 8.87. The maximum Gasteiger partial charge on any atom is 0.226 e. The second-order valence-electron chi connectivity index (χ2n) is 10.2. The molecule has 3 saturated heterocycles. The molecule has 2 bridgehead atoms. The van der Waals surface area contributed by atoms with Gasteiger partial charge in [-0.3, -0.25) is 9.69 Å². The fourth-order valence-electron chi connectivity index (χ4n) is 6.91. The number of ether oxygens (including phenoxy) is 1. The monoisotopic (exact) mass is 413 g/mol. The molecule has 0 radical (unpaired) electrons. The van der Waals surface area contributed by atoms with E-state index in [1.54, 1.807) is 12.1 Å². The highest BCUT2D eigenvalue weighted by Gasteiger charge is 2.62. The summed E-state index contributed by atoms with van der Waals surface area (Å²) < 4.78 is 19.6. The summed E-state index contributed by atoms with van der Waals surface area (Å²) in [4.78, 5) is 20.6. The number of carbonyl (C=O) groups excluding carboxylic acids is 1. The lowest BCUT2D eigenvalue weighted by Gasteiger charge is -2.45. The summed E-state index contributed by atoms with van der Waals surface area (Å²) in [6.45, 7) is 4.27. The molecule has 1 saturated carbocycles. The molecule has 1 aromatic carbocycles. The lowest BCUT2D eigenvalue weighted by molar-refractivity contribution is -0.135. The van der Waals surface area contributed by atoms with Crippen LogP contribution < -0.4 is 4.74 Å². The van der Waals surface area contributed by atoms with E-state index in [4.69, 9.17) is 4.74 Å². The van der Waals surface area contributed by atoms with Crippen LogP contribution in [0.25, 0.3) is 0 Å². The van der Waals surface area contributed by atoms with Gasteiger partial charge in [-0.05, 0) is 63.8 Å². The number of benzene rings is 1. The number of nitrogens with zero attached hydrogens (tertiary/aromatic N) is 3. The number of hydrogen-bond donors (Lipinski definition) is 0. The molecule has 30 heavy (non-hydrogen) atoms. The zero-order valence-electron chi connectivity index (χ0n) is 17.9. The van der Waals surface area contributed by atoms with Crippen molar-refractivity contribution in [1.82, 2.24) is 14.7 Å². The maximum absolute atomic E-state index is 13.9. The first-order chi connectivity index (χ1) is 14.5. The van der Waals surface area contributed by atoms with Crippen molar-refractivity contribution in [2.75, 3.05) is 39.8 Å². The highest BCUT2D eigenvalue weighted by Crippen LogP contribution is 2.61. The van der Waals surface area contributed by atoms with E-state index in [1.165, 1.54) is 31.7 Å². The number of fused-ring (bicyclic) bond motifs is 4. The lowest BCUT2D eigenvalue weighted by atomic mass is 9.87. The molecule has 0 unspecified atom stereocenters. The second-order valence-corrected chi connectivity index (χ2v) is 10.2. The van der Waals surface area contributed by atoms with Crippen molar-refractivity contribution in [2.45, 2.75) is 62.1 Å². The van der Waals surface area contributed by atoms with Gasteiger partial charge in [-0.1, -0.05) is 0 Å². The van der Waals surface area contributed by atoms with Gasteiger partial charge in [0.15, 0.2) is 0 Å². The zero-order chi connectivity index (χ0) is 20.5. The number of piperazine rings is 1. The average molecular weight is 414 g/mol. The molecular weight excluding hydrogens is 381 g/mol. The Morgan fingerprint density at radius 3 is 2.57 bits per heavy atom. The van der Waals surface area contributed by atoms with Gasteiger partial charge >= 0.3 is 0 Å². The molecule has 4 aliphatic heterocycles. The molecule has 0 aromatic heterocycles. The van der Waals surface area contributed by atoms with Crippen molar-refractivity contribution in [2.24, 2.45) is 5.92 Å². The first kappa shape index (κ1) is 19.1. The van der Waals surface area contributed by atoms with Crippen LogP contribution in [0, 0.1) is 11.7 Å². The second kappa shape index (κ2) is 6.92. The summed E-state index contributed by atoms with van der Waals surface area (Å²) in [5.74, 6) is 0.792. The fraction of sp³-hybridized carbons (Fsp3) is 0.708. The maximum atomic E-state index is 13.9. The zero-order valence-corrected chi connectivity index (χ0v) is 17.9. The number of halogens is 1. The highest BCUT2D eigenvalue weighted by atomic mass is 19.1. The normalized spacial score (nSPS) is 38.4. The van der Waals surface area contributed by atoms with Gasteiger partial charge < -0.3 is 14.5 Å². The van der Waals surface area contributed by atoms with Crippen molar-refractivity contribution in [3.05, 3.63) is 29.6 Å². The van der Waals surface area contributed by atoms with Crippen LogP contribution in [0.5, 0.6) is 5.75 Å². The molecule has 5 aliphatic rings. The topological polar surface area (TPSA) is 36.0 Å². The number of amides is 1. The van der Waals surface area contributed by atoms with Crippen molar-refractivity contribution in [3.63, 3.8) is 0 Å². The van der Waals surface area contributed by atoms with E-state index in [9.17, 15) is 9.18 Å². The Hall–Kier alpha value is -1.66. The smallest absolute Gasteiger partial charge is 0.226 e. The highest BCUT2D eigenvalue weighted by molar-refractivity contribution is 5.85. The largest absolute Gasteiger partial charge is 0.493 e. The number of hydrogen-bond acceptors (Lipinski definition) is 4. The molecule has 5 nitrogen and oxygen atoms in total. The minimum atomic E-state index is -0.238. The summed E-state index contributed by atoms with van der Waals surface area (Å²) in [5, 5.41) is 0. The molecule has 1 aromatic rings. The molecule has 4 heterocycles. The summed E-state index contributed by atoms with van der Waals surface area (Å²) in [5.41, 5.74) is 0.712. The molecular formula is C24H32FN3O2. The van der Waals surface area contributed by atoms with Gasteiger partial charge in [0.05, 0.1) is 6.61 Å². The lowest BCUT2D eigenvalue weighted by Crippen LogP contribution is -2.56. The molecule has 1 amide bonds. The van der Waals surface area contributed by atoms with Gasteiger partial charge in [0.25, 0.3) is 0 Å². The Morgan fingerprint density at radius 1 is 1.10 bits per heavy atom. The molecule has 0 N–H and O–H groups in total. The van der Waals surface area contributed by atoms with Crippen LogP contribution in [0.2, 0.25) is 0 Å². The van der Waals surface area contributed by atoms with Gasteiger partial charge in [0.1, 0.15) is 11.6 Å². The Morgan fingerprint density at radius 2 is 1.83 bits per heavy atom. The van der Waals surface area contributed by atoms with Gasteiger partial charge in [-0.25, -0.2) is 4.39 Å². The molecule has 1 aliphatic carbocycles. The van der Waals surface area contributed by atoms with E-state index >= 15 is 0 Å².